The van der Waals surface area contributed by atoms with Crippen LogP contribution in [0.25, 0.3) is 0 Å². The quantitative estimate of drug-likeness (QED) is 0.698. The Morgan fingerprint density at radius 2 is 2.50 bits per heavy atom. The molecule has 1 rings (SSSR count). The zero-order valence-electron chi connectivity index (χ0n) is 6.90. The monoisotopic (exact) mass is 186 g/mol. The summed E-state index contributed by atoms with van der Waals surface area (Å²) in [5, 5.41) is 0.746. The number of carbonyl (C=O) groups excluding carboxylic acids is 1. The van der Waals surface area contributed by atoms with E-state index in [1.807, 2.05) is 6.92 Å². The molecule has 0 bridgehead atoms. The van der Waals surface area contributed by atoms with Crippen LogP contribution in [-0.4, -0.2) is 18.1 Å². The lowest BCUT2D eigenvalue weighted by atomic mass is 10.4. The van der Waals surface area contributed by atoms with Crippen molar-refractivity contribution < 1.29 is 9.53 Å². The van der Waals surface area contributed by atoms with Crippen LogP contribution in [0.3, 0.4) is 0 Å². The minimum Gasteiger partial charge on any atom is -0.465 e. The van der Waals surface area contributed by atoms with Crippen molar-refractivity contribution in [3.63, 3.8) is 0 Å². The highest BCUT2D eigenvalue weighted by atomic mass is 32.1. The van der Waals surface area contributed by atoms with E-state index in [1.165, 1.54) is 24.6 Å². The van der Waals surface area contributed by atoms with Crippen LogP contribution in [0.5, 0.6) is 0 Å². The van der Waals surface area contributed by atoms with E-state index in [2.05, 4.69) is 9.72 Å². The van der Waals surface area contributed by atoms with E-state index in [9.17, 15) is 4.79 Å². The van der Waals surface area contributed by atoms with Gasteiger partial charge in [-0.25, -0.2) is 9.78 Å². The Kier molecular flexibility index (Phi) is 2.78. The standard InChI is InChI=1S/C7H10N2O2S/c1-4(8)6-9-3-5(12-6)7(10)11-2/h3-4H,8H2,1-2H3. The van der Waals surface area contributed by atoms with Crippen molar-refractivity contribution in [3.05, 3.63) is 16.1 Å². The molecule has 4 nitrogen and oxygen atoms in total. The fourth-order valence-corrected chi connectivity index (χ4v) is 1.48. The molecule has 12 heavy (non-hydrogen) atoms. The third-order valence-electron chi connectivity index (χ3n) is 1.30. The van der Waals surface area contributed by atoms with Crippen molar-refractivity contribution in [2.24, 2.45) is 5.73 Å². The Labute approximate surface area is 74.4 Å². The van der Waals surface area contributed by atoms with E-state index in [0.29, 0.717) is 4.88 Å². The zero-order chi connectivity index (χ0) is 9.14. The van der Waals surface area contributed by atoms with Crippen LogP contribution >= 0.6 is 11.3 Å². The van der Waals surface area contributed by atoms with E-state index < -0.39 is 0 Å². The van der Waals surface area contributed by atoms with Gasteiger partial charge in [0.2, 0.25) is 0 Å². The number of nitrogens with zero attached hydrogens (tertiary/aromatic N) is 1. The Hall–Kier alpha value is -0.940. The van der Waals surface area contributed by atoms with Crippen LogP contribution in [0.4, 0.5) is 0 Å². The molecule has 1 heterocycles. The summed E-state index contributed by atoms with van der Waals surface area (Å²) in [7, 11) is 1.34. The van der Waals surface area contributed by atoms with Gasteiger partial charge in [-0.2, -0.15) is 0 Å². The molecule has 0 spiro atoms. The first-order valence-corrected chi connectivity index (χ1v) is 4.26. The normalized spacial score (nSPS) is 12.6. The van der Waals surface area contributed by atoms with Crippen molar-refractivity contribution in [3.8, 4) is 0 Å². The number of carbonyl (C=O) groups is 1. The summed E-state index contributed by atoms with van der Waals surface area (Å²) in [5.41, 5.74) is 5.56. The van der Waals surface area contributed by atoms with Crippen molar-refractivity contribution >= 4 is 17.3 Å². The number of hydrogen-bond donors (Lipinski definition) is 1. The summed E-state index contributed by atoms with van der Waals surface area (Å²) >= 11 is 1.26. The van der Waals surface area contributed by atoms with E-state index in [1.54, 1.807) is 0 Å². The molecule has 1 unspecified atom stereocenters. The minimum absolute atomic E-state index is 0.131. The summed E-state index contributed by atoms with van der Waals surface area (Å²) in [6.07, 6.45) is 1.48. The highest BCUT2D eigenvalue weighted by Gasteiger charge is 2.11. The van der Waals surface area contributed by atoms with Gasteiger partial charge in [0.05, 0.1) is 19.3 Å². The number of methoxy groups -OCH3 is 1. The second-order valence-electron chi connectivity index (χ2n) is 2.34. The second kappa shape index (κ2) is 3.64. The van der Waals surface area contributed by atoms with Gasteiger partial charge in [0.1, 0.15) is 9.88 Å². The highest BCUT2D eigenvalue weighted by Crippen LogP contribution is 2.18. The number of hydrogen-bond acceptors (Lipinski definition) is 5. The van der Waals surface area contributed by atoms with Crippen molar-refractivity contribution in [2.45, 2.75) is 13.0 Å². The molecule has 1 aromatic heterocycles. The maximum Gasteiger partial charge on any atom is 0.349 e. The molecule has 0 aliphatic rings. The van der Waals surface area contributed by atoms with E-state index in [0.717, 1.165) is 5.01 Å². The maximum atomic E-state index is 11.0. The average molecular weight is 186 g/mol. The highest BCUT2D eigenvalue weighted by molar-refractivity contribution is 7.13. The first-order valence-electron chi connectivity index (χ1n) is 3.44. The molecule has 0 radical (unpaired) electrons. The lowest BCUT2D eigenvalue weighted by Crippen LogP contribution is -2.03. The lowest BCUT2D eigenvalue weighted by molar-refractivity contribution is 0.0606. The molecule has 0 fully saturated rings. The minimum atomic E-state index is -0.362. The molecule has 5 heteroatoms. The lowest BCUT2D eigenvalue weighted by Gasteiger charge is -1.96. The molecular weight excluding hydrogens is 176 g/mol. The van der Waals surface area contributed by atoms with E-state index in [-0.39, 0.29) is 12.0 Å². The molecule has 0 aromatic carbocycles. The molecule has 0 saturated heterocycles. The van der Waals surface area contributed by atoms with E-state index >= 15 is 0 Å². The Morgan fingerprint density at radius 1 is 1.83 bits per heavy atom. The van der Waals surface area contributed by atoms with Crippen LogP contribution in [0.15, 0.2) is 6.20 Å². The summed E-state index contributed by atoms with van der Waals surface area (Å²) in [5.74, 6) is -0.362. The topological polar surface area (TPSA) is 65.2 Å². The van der Waals surface area contributed by atoms with E-state index in [4.69, 9.17) is 5.73 Å². The van der Waals surface area contributed by atoms with Gasteiger partial charge < -0.3 is 10.5 Å². The van der Waals surface area contributed by atoms with Crippen LogP contribution < -0.4 is 5.73 Å². The van der Waals surface area contributed by atoms with Gasteiger partial charge in [-0.1, -0.05) is 0 Å². The molecule has 0 saturated carbocycles. The fourth-order valence-electron chi connectivity index (χ4n) is 0.693. The molecular formula is C7H10N2O2S. The number of ether oxygens (including phenoxy) is 1. The SMILES string of the molecule is COC(=O)c1cnc(C(C)N)s1. The third-order valence-corrected chi connectivity index (χ3v) is 2.48. The summed E-state index contributed by atoms with van der Waals surface area (Å²) < 4.78 is 4.52. The van der Waals surface area contributed by atoms with Gasteiger partial charge in [-0.15, -0.1) is 11.3 Å². The molecule has 0 amide bonds. The summed E-state index contributed by atoms with van der Waals surface area (Å²) in [6, 6.07) is -0.131. The first kappa shape index (κ1) is 9.15. The summed E-state index contributed by atoms with van der Waals surface area (Å²) in [6.45, 7) is 1.82. The number of rotatable bonds is 2. The van der Waals surface area contributed by atoms with Gasteiger partial charge in [0.15, 0.2) is 0 Å². The predicted molar refractivity (Wildman–Crippen MR) is 46.1 cm³/mol. The Morgan fingerprint density at radius 3 is 2.92 bits per heavy atom. The molecule has 0 aliphatic carbocycles. The molecule has 66 valence electrons. The maximum absolute atomic E-state index is 11.0. The average Bonchev–Trinajstić information content (AvgIpc) is 2.51. The third kappa shape index (κ3) is 1.80. The summed E-state index contributed by atoms with van der Waals surface area (Å²) in [4.78, 5) is 15.4. The zero-order valence-corrected chi connectivity index (χ0v) is 7.72. The van der Waals surface area contributed by atoms with Crippen molar-refractivity contribution in [1.29, 1.82) is 0 Å². The van der Waals surface area contributed by atoms with Crippen LogP contribution in [0, 0.1) is 0 Å². The molecule has 1 aromatic rings. The van der Waals surface area contributed by atoms with Crippen molar-refractivity contribution in [1.82, 2.24) is 4.98 Å². The Balaban J connectivity index is 2.84. The van der Waals surface area contributed by atoms with Gasteiger partial charge in [-0.05, 0) is 6.92 Å². The Bertz CT molecular complexity index is 283. The number of thiazole rings is 1. The second-order valence-corrected chi connectivity index (χ2v) is 3.41. The number of nitrogens with two attached hydrogens (primary N) is 1. The smallest absolute Gasteiger partial charge is 0.349 e. The predicted octanol–water partition coefficient (Wildman–Crippen LogP) is 0.949. The fraction of sp³-hybridized carbons (Fsp3) is 0.429. The largest absolute Gasteiger partial charge is 0.465 e. The molecule has 0 aliphatic heterocycles. The number of aromatic nitrogens is 1. The molecule has 1 atom stereocenters. The van der Waals surface area contributed by atoms with Crippen LogP contribution in [0.1, 0.15) is 27.6 Å². The van der Waals surface area contributed by atoms with Crippen LogP contribution in [-0.2, 0) is 4.74 Å². The van der Waals surface area contributed by atoms with Crippen molar-refractivity contribution in [2.75, 3.05) is 7.11 Å². The van der Waals surface area contributed by atoms with Gasteiger partial charge in [0.25, 0.3) is 0 Å². The number of esters is 1. The molecule has 2 N–H and O–H groups in total. The van der Waals surface area contributed by atoms with Gasteiger partial charge in [-0.3, -0.25) is 0 Å². The van der Waals surface area contributed by atoms with Gasteiger partial charge >= 0.3 is 5.97 Å². The van der Waals surface area contributed by atoms with Gasteiger partial charge in [0, 0.05) is 0 Å². The first-order chi connectivity index (χ1) is 5.65. The van der Waals surface area contributed by atoms with Crippen LogP contribution in [0.2, 0.25) is 0 Å².